The van der Waals surface area contributed by atoms with E-state index in [4.69, 9.17) is 4.74 Å². The summed E-state index contributed by atoms with van der Waals surface area (Å²) in [4.78, 5) is 23.6. The van der Waals surface area contributed by atoms with Crippen molar-refractivity contribution in [3.63, 3.8) is 0 Å². The molecule has 1 aromatic rings. The van der Waals surface area contributed by atoms with Crippen LogP contribution in [0.25, 0.3) is 0 Å². The third-order valence-corrected chi connectivity index (χ3v) is 3.02. The molecule has 0 N–H and O–H groups in total. The fourth-order valence-corrected chi connectivity index (χ4v) is 1.98. The fraction of sp³-hybridized carbons (Fsp3) is 0.417. The lowest BCUT2D eigenvalue weighted by Gasteiger charge is -2.33. The molecule has 1 aliphatic rings. The van der Waals surface area contributed by atoms with E-state index in [1.54, 1.807) is 4.90 Å². The normalized spacial score (nSPS) is 19.3. The number of morpholine rings is 1. The van der Waals surface area contributed by atoms with Crippen molar-refractivity contribution in [1.29, 1.82) is 0 Å². The van der Waals surface area contributed by atoms with Crippen LogP contribution in [0.2, 0.25) is 0 Å². The standard InChI is InChI=1S/C12H13FN2O4/c1-8-7-19-5-4-14(8)12(16)9-2-3-10(13)11(6-9)15(17)18/h2-3,6,8H,4-5,7H2,1H3/t8-/m1/s1. The van der Waals surface area contributed by atoms with Crippen LogP contribution in [-0.4, -0.2) is 41.5 Å². The van der Waals surface area contributed by atoms with E-state index in [2.05, 4.69) is 0 Å². The monoisotopic (exact) mass is 268 g/mol. The molecule has 0 bridgehead atoms. The number of halogens is 1. The average molecular weight is 268 g/mol. The highest BCUT2D eigenvalue weighted by Crippen LogP contribution is 2.20. The Kier molecular flexibility index (Phi) is 3.75. The zero-order chi connectivity index (χ0) is 14.0. The first-order valence-electron chi connectivity index (χ1n) is 5.83. The molecule has 0 unspecified atom stereocenters. The molecule has 1 atom stereocenters. The molecule has 19 heavy (non-hydrogen) atoms. The minimum absolute atomic E-state index is 0.106. The molecule has 0 aromatic heterocycles. The number of hydrogen-bond donors (Lipinski definition) is 0. The number of benzene rings is 1. The summed E-state index contributed by atoms with van der Waals surface area (Å²) in [6, 6.07) is 3.06. The van der Waals surface area contributed by atoms with Gasteiger partial charge in [0.25, 0.3) is 5.91 Å². The molecule has 0 saturated carbocycles. The number of hydrogen-bond acceptors (Lipinski definition) is 4. The van der Waals surface area contributed by atoms with E-state index >= 15 is 0 Å². The van der Waals surface area contributed by atoms with Gasteiger partial charge in [0.2, 0.25) is 5.82 Å². The molecule has 2 rings (SSSR count). The van der Waals surface area contributed by atoms with Crippen molar-refractivity contribution in [1.82, 2.24) is 4.90 Å². The molecule has 0 radical (unpaired) electrons. The average Bonchev–Trinajstić information content (AvgIpc) is 2.38. The number of nitrogens with zero attached hydrogens (tertiary/aromatic N) is 2. The van der Waals surface area contributed by atoms with E-state index in [-0.39, 0.29) is 17.5 Å². The predicted molar refractivity (Wildman–Crippen MR) is 64.4 cm³/mol. The van der Waals surface area contributed by atoms with Gasteiger partial charge in [-0.1, -0.05) is 0 Å². The Morgan fingerprint density at radius 1 is 1.58 bits per heavy atom. The second kappa shape index (κ2) is 5.31. The summed E-state index contributed by atoms with van der Waals surface area (Å²) in [5, 5.41) is 10.7. The van der Waals surface area contributed by atoms with Crippen molar-refractivity contribution in [2.24, 2.45) is 0 Å². The van der Waals surface area contributed by atoms with Gasteiger partial charge in [-0.05, 0) is 19.1 Å². The summed E-state index contributed by atoms with van der Waals surface area (Å²) in [5.74, 6) is -1.30. The first-order valence-corrected chi connectivity index (χ1v) is 5.83. The molecule has 6 nitrogen and oxygen atoms in total. The molecule has 1 amide bonds. The second-order valence-electron chi connectivity index (χ2n) is 4.35. The molecule has 1 aromatic carbocycles. The summed E-state index contributed by atoms with van der Waals surface area (Å²) >= 11 is 0. The van der Waals surface area contributed by atoms with Gasteiger partial charge in [0.15, 0.2) is 0 Å². The van der Waals surface area contributed by atoms with Crippen LogP contribution in [-0.2, 0) is 4.74 Å². The van der Waals surface area contributed by atoms with Gasteiger partial charge in [-0.25, -0.2) is 0 Å². The topological polar surface area (TPSA) is 72.7 Å². The minimum Gasteiger partial charge on any atom is -0.377 e. The maximum Gasteiger partial charge on any atom is 0.305 e. The molecule has 1 heterocycles. The molecule has 1 saturated heterocycles. The van der Waals surface area contributed by atoms with Crippen molar-refractivity contribution < 1.29 is 18.8 Å². The molecule has 1 aliphatic heterocycles. The third kappa shape index (κ3) is 2.70. The maximum atomic E-state index is 13.2. The van der Waals surface area contributed by atoms with Gasteiger partial charge >= 0.3 is 5.69 Å². The van der Waals surface area contributed by atoms with Gasteiger partial charge in [-0.3, -0.25) is 14.9 Å². The van der Waals surface area contributed by atoms with Crippen molar-refractivity contribution in [3.8, 4) is 0 Å². The largest absolute Gasteiger partial charge is 0.377 e. The first-order chi connectivity index (χ1) is 9.00. The number of ether oxygens (including phenoxy) is 1. The Balaban J connectivity index is 2.28. The lowest BCUT2D eigenvalue weighted by atomic mass is 10.1. The van der Waals surface area contributed by atoms with Gasteiger partial charge in [-0.15, -0.1) is 0 Å². The third-order valence-electron chi connectivity index (χ3n) is 3.02. The summed E-state index contributed by atoms with van der Waals surface area (Å²) in [6.45, 7) is 3.11. The van der Waals surface area contributed by atoms with E-state index in [0.717, 1.165) is 12.1 Å². The van der Waals surface area contributed by atoms with E-state index in [1.807, 2.05) is 6.92 Å². The van der Waals surface area contributed by atoms with Crippen molar-refractivity contribution in [3.05, 3.63) is 39.7 Å². The van der Waals surface area contributed by atoms with Crippen molar-refractivity contribution in [2.75, 3.05) is 19.8 Å². The number of carbonyl (C=O) groups excluding carboxylic acids is 1. The van der Waals surface area contributed by atoms with E-state index < -0.39 is 16.4 Å². The van der Waals surface area contributed by atoms with Crippen LogP contribution in [0.4, 0.5) is 10.1 Å². The maximum absolute atomic E-state index is 13.2. The molecule has 0 spiro atoms. The highest BCUT2D eigenvalue weighted by Gasteiger charge is 2.26. The predicted octanol–water partition coefficient (Wildman–Crippen LogP) is 1.59. The van der Waals surface area contributed by atoms with E-state index in [9.17, 15) is 19.3 Å². The number of rotatable bonds is 2. The van der Waals surface area contributed by atoms with Gasteiger partial charge in [0.05, 0.1) is 24.2 Å². The quantitative estimate of drug-likeness (QED) is 0.603. The number of carbonyl (C=O) groups is 1. The number of amides is 1. The van der Waals surface area contributed by atoms with Crippen LogP contribution in [0.1, 0.15) is 17.3 Å². The van der Waals surface area contributed by atoms with Crippen LogP contribution in [0.15, 0.2) is 18.2 Å². The molecule has 0 aliphatic carbocycles. The van der Waals surface area contributed by atoms with Gasteiger partial charge < -0.3 is 9.64 Å². The number of nitro groups is 1. The molecule has 102 valence electrons. The molecule has 1 fully saturated rings. The minimum atomic E-state index is -0.948. The molecule has 7 heteroatoms. The van der Waals surface area contributed by atoms with Crippen molar-refractivity contribution >= 4 is 11.6 Å². The summed E-state index contributed by atoms with van der Waals surface area (Å²) in [6.07, 6.45) is 0. The van der Waals surface area contributed by atoms with Crippen LogP contribution in [0.3, 0.4) is 0 Å². The van der Waals surface area contributed by atoms with Crippen molar-refractivity contribution in [2.45, 2.75) is 13.0 Å². The Morgan fingerprint density at radius 2 is 2.32 bits per heavy atom. The zero-order valence-corrected chi connectivity index (χ0v) is 10.3. The van der Waals surface area contributed by atoms with Gasteiger partial charge in [0, 0.05) is 18.2 Å². The Hall–Kier alpha value is -2.02. The Labute approximate surface area is 108 Å². The van der Waals surface area contributed by atoms with E-state index in [1.165, 1.54) is 6.07 Å². The fourth-order valence-electron chi connectivity index (χ4n) is 1.98. The Bertz CT molecular complexity index is 520. The summed E-state index contributed by atoms with van der Waals surface area (Å²) in [7, 11) is 0. The SMILES string of the molecule is C[C@@H]1COCCN1C(=O)c1ccc(F)c([N+](=O)[O-])c1. The van der Waals surface area contributed by atoms with Gasteiger partial charge in [0.1, 0.15) is 0 Å². The number of nitro benzene ring substituents is 1. The lowest BCUT2D eigenvalue weighted by molar-refractivity contribution is -0.387. The summed E-state index contributed by atoms with van der Waals surface area (Å²) in [5.41, 5.74) is -0.575. The van der Waals surface area contributed by atoms with E-state index in [0.29, 0.717) is 19.8 Å². The second-order valence-corrected chi connectivity index (χ2v) is 4.35. The highest BCUT2D eigenvalue weighted by atomic mass is 19.1. The van der Waals surface area contributed by atoms with Crippen LogP contribution >= 0.6 is 0 Å². The summed E-state index contributed by atoms with van der Waals surface area (Å²) < 4.78 is 18.4. The lowest BCUT2D eigenvalue weighted by Crippen LogP contribution is -2.47. The van der Waals surface area contributed by atoms with Crippen LogP contribution in [0, 0.1) is 15.9 Å². The first kappa shape index (κ1) is 13.4. The molecular weight excluding hydrogens is 255 g/mol. The van der Waals surface area contributed by atoms with Crippen LogP contribution in [0.5, 0.6) is 0 Å². The van der Waals surface area contributed by atoms with Crippen LogP contribution < -0.4 is 0 Å². The highest BCUT2D eigenvalue weighted by molar-refractivity contribution is 5.95. The van der Waals surface area contributed by atoms with Gasteiger partial charge in [-0.2, -0.15) is 4.39 Å². The Morgan fingerprint density at radius 3 is 2.95 bits per heavy atom. The zero-order valence-electron chi connectivity index (χ0n) is 10.3. The smallest absolute Gasteiger partial charge is 0.305 e. The molecular formula is C12H13FN2O4.